The Hall–Kier alpha value is -0.870. The summed E-state index contributed by atoms with van der Waals surface area (Å²) in [6.07, 6.45) is 4.63. The second kappa shape index (κ2) is 5.46. The highest BCUT2D eigenvalue weighted by Gasteiger charge is 2.20. The average Bonchev–Trinajstić information content (AvgIpc) is 2.74. The molecule has 1 aromatic rings. The van der Waals surface area contributed by atoms with E-state index in [0.717, 1.165) is 18.7 Å². The summed E-state index contributed by atoms with van der Waals surface area (Å²) >= 11 is 0. The van der Waals surface area contributed by atoms with Crippen LogP contribution >= 0.6 is 0 Å². The zero-order chi connectivity index (χ0) is 12.2. The number of hydrogen-bond acceptors (Lipinski definition) is 3. The normalized spacial score (nSPS) is 15.4. The van der Waals surface area contributed by atoms with Gasteiger partial charge in [-0.1, -0.05) is 6.92 Å². The molecule has 92 valence electrons. The first kappa shape index (κ1) is 13.2. The van der Waals surface area contributed by atoms with Crippen LogP contribution in [0.1, 0.15) is 45.9 Å². The molecule has 2 N–H and O–H groups in total. The molecule has 16 heavy (non-hydrogen) atoms. The maximum atomic E-state index is 9.31. The fourth-order valence-electron chi connectivity index (χ4n) is 1.53. The lowest BCUT2D eigenvalue weighted by Gasteiger charge is -2.27. The first-order valence-corrected chi connectivity index (χ1v) is 5.89. The van der Waals surface area contributed by atoms with E-state index < -0.39 is 0 Å². The number of nitrogens with zero attached hydrogens (tertiary/aromatic N) is 2. The average molecular weight is 225 g/mol. The first-order chi connectivity index (χ1) is 7.52. The van der Waals surface area contributed by atoms with Gasteiger partial charge in [0.15, 0.2) is 0 Å². The molecule has 0 bridgehead atoms. The minimum Gasteiger partial charge on any atom is -0.394 e. The van der Waals surface area contributed by atoms with Crippen molar-refractivity contribution in [3.63, 3.8) is 0 Å². The number of nitrogens with one attached hydrogen (secondary N) is 1. The molecule has 4 heteroatoms. The molecule has 0 saturated heterocycles. The highest BCUT2D eigenvalue weighted by Crippen LogP contribution is 2.12. The maximum absolute atomic E-state index is 9.31. The fraction of sp³-hybridized carbons (Fsp3) is 0.750. The van der Waals surface area contributed by atoms with Crippen LogP contribution < -0.4 is 5.32 Å². The number of imidazole rings is 1. The Morgan fingerprint density at radius 2 is 2.25 bits per heavy atom. The van der Waals surface area contributed by atoms with Crippen molar-refractivity contribution in [3.8, 4) is 0 Å². The zero-order valence-electron chi connectivity index (χ0n) is 10.7. The first-order valence-electron chi connectivity index (χ1n) is 5.89. The van der Waals surface area contributed by atoms with Gasteiger partial charge in [-0.2, -0.15) is 0 Å². The van der Waals surface area contributed by atoms with E-state index in [1.165, 1.54) is 0 Å². The van der Waals surface area contributed by atoms with Crippen LogP contribution in [-0.2, 0) is 6.54 Å². The van der Waals surface area contributed by atoms with Crippen LogP contribution in [0.4, 0.5) is 0 Å². The number of hydrogen-bond donors (Lipinski definition) is 2. The van der Waals surface area contributed by atoms with Crippen molar-refractivity contribution < 1.29 is 5.11 Å². The molecule has 0 aromatic carbocycles. The van der Waals surface area contributed by atoms with Gasteiger partial charge in [0.1, 0.15) is 0 Å². The maximum Gasteiger partial charge on any atom is 0.0951 e. The van der Waals surface area contributed by atoms with E-state index in [-0.39, 0.29) is 12.1 Å². The van der Waals surface area contributed by atoms with Crippen LogP contribution in [0.3, 0.4) is 0 Å². The van der Waals surface area contributed by atoms with Crippen molar-refractivity contribution in [1.29, 1.82) is 0 Å². The minimum atomic E-state index is -0.202. The highest BCUT2D eigenvalue weighted by atomic mass is 16.3. The summed E-state index contributed by atoms with van der Waals surface area (Å²) in [5, 5.41) is 12.7. The van der Waals surface area contributed by atoms with Gasteiger partial charge in [-0.15, -0.1) is 0 Å². The molecule has 1 rings (SSSR count). The lowest BCUT2D eigenvalue weighted by Crippen LogP contribution is -2.44. The Morgan fingerprint density at radius 1 is 1.56 bits per heavy atom. The van der Waals surface area contributed by atoms with Crippen LogP contribution in [0, 0.1) is 0 Å². The molecule has 0 spiro atoms. The quantitative estimate of drug-likeness (QED) is 0.775. The van der Waals surface area contributed by atoms with Crippen molar-refractivity contribution in [1.82, 2.24) is 14.9 Å². The molecule has 1 unspecified atom stereocenters. The molecule has 4 nitrogen and oxygen atoms in total. The van der Waals surface area contributed by atoms with Crippen molar-refractivity contribution in [2.45, 2.75) is 52.2 Å². The summed E-state index contributed by atoms with van der Waals surface area (Å²) in [7, 11) is 0. The van der Waals surface area contributed by atoms with Crippen LogP contribution in [0.25, 0.3) is 0 Å². The zero-order valence-corrected chi connectivity index (χ0v) is 10.7. The van der Waals surface area contributed by atoms with E-state index in [9.17, 15) is 5.11 Å². The summed E-state index contributed by atoms with van der Waals surface area (Å²) < 4.78 is 2.14. The topological polar surface area (TPSA) is 50.1 Å². The second-order valence-electron chi connectivity index (χ2n) is 4.81. The van der Waals surface area contributed by atoms with E-state index in [2.05, 4.69) is 35.6 Å². The summed E-state index contributed by atoms with van der Waals surface area (Å²) in [6.45, 7) is 9.26. The number of rotatable bonds is 6. The Balaban J connectivity index is 2.64. The van der Waals surface area contributed by atoms with Gasteiger partial charge in [0, 0.05) is 24.3 Å². The molecule has 1 aromatic heterocycles. The summed E-state index contributed by atoms with van der Waals surface area (Å²) in [4.78, 5) is 4.16. The minimum absolute atomic E-state index is 0.152. The molecule has 0 aliphatic heterocycles. The standard InChI is InChI=1S/C12H23N3O/c1-5-12(4,8-16)14-7-11-6-13-9-15(11)10(2)3/h6,9-10,14,16H,5,7-8H2,1-4H3. The molecule has 0 fully saturated rings. The number of aromatic nitrogens is 2. The predicted molar refractivity (Wildman–Crippen MR) is 65.2 cm³/mol. The van der Waals surface area contributed by atoms with Gasteiger partial charge in [0.05, 0.1) is 18.6 Å². The van der Waals surface area contributed by atoms with Crippen molar-refractivity contribution in [2.24, 2.45) is 0 Å². The molecule has 0 aliphatic carbocycles. The fourth-order valence-corrected chi connectivity index (χ4v) is 1.53. The van der Waals surface area contributed by atoms with Gasteiger partial charge >= 0.3 is 0 Å². The molecule has 0 radical (unpaired) electrons. The van der Waals surface area contributed by atoms with Crippen molar-refractivity contribution in [2.75, 3.05) is 6.61 Å². The summed E-state index contributed by atoms with van der Waals surface area (Å²) in [6, 6.07) is 0.418. The van der Waals surface area contributed by atoms with Crippen LogP contribution in [-0.4, -0.2) is 26.8 Å². The van der Waals surface area contributed by atoms with E-state index >= 15 is 0 Å². The SMILES string of the molecule is CCC(C)(CO)NCc1cncn1C(C)C. The van der Waals surface area contributed by atoms with E-state index in [4.69, 9.17) is 0 Å². The Labute approximate surface area is 97.7 Å². The molecule has 1 heterocycles. The van der Waals surface area contributed by atoms with Crippen molar-refractivity contribution >= 4 is 0 Å². The molecule has 0 amide bonds. The van der Waals surface area contributed by atoms with Crippen LogP contribution in [0.15, 0.2) is 12.5 Å². The number of aliphatic hydroxyl groups is 1. The van der Waals surface area contributed by atoms with Gasteiger partial charge in [-0.25, -0.2) is 4.98 Å². The third kappa shape index (κ3) is 3.06. The molecule has 1 atom stereocenters. The lowest BCUT2D eigenvalue weighted by molar-refractivity contribution is 0.168. The second-order valence-corrected chi connectivity index (χ2v) is 4.81. The van der Waals surface area contributed by atoms with Gasteiger partial charge < -0.3 is 15.0 Å². The largest absolute Gasteiger partial charge is 0.394 e. The van der Waals surface area contributed by atoms with Gasteiger partial charge in [0.25, 0.3) is 0 Å². The Bertz CT molecular complexity index is 316. The van der Waals surface area contributed by atoms with E-state index in [1.807, 2.05) is 19.4 Å². The Morgan fingerprint density at radius 3 is 2.75 bits per heavy atom. The van der Waals surface area contributed by atoms with Gasteiger partial charge in [-0.05, 0) is 27.2 Å². The molecular weight excluding hydrogens is 202 g/mol. The molecule has 0 saturated carbocycles. The third-order valence-corrected chi connectivity index (χ3v) is 3.13. The summed E-state index contributed by atoms with van der Waals surface area (Å²) in [5.41, 5.74) is 0.953. The summed E-state index contributed by atoms with van der Waals surface area (Å²) in [5.74, 6) is 0. The lowest BCUT2D eigenvalue weighted by atomic mass is 10.0. The highest BCUT2D eigenvalue weighted by molar-refractivity contribution is 5.00. The van der Waals surface area contributed by atoms with E-state index in [0.29, 0.717) is 6.04 Å². The van der Waals surface area contributed by atoms with E-state index in [1.54, 1.807) is 0 Å². The molecular formula is C12H23N3O. The predicted octanol–water partition coefficient (Wildman–Crippen LogP) is 1.71. The Kier molecular flexibility index (Phi) is 4.50. The smallest absolute Gasteiger partial charge is 0.0951 e. The van der Waals surface area contributed by atoms with Crippen LogP contribution in [0.5, 0.6) is 0 Å². The number of aliphatic hydroxyl groups excluding tert-OH is 1. The van der Waals surface area contributed by atoms with Crippen LogP contribution in [0.2, 0.25) is 0 Å². The van der Waals surface area contributed by atoms with Gasteiger partial charge in [-0.3, -0.25) is 0 Å². The third-order valence-electron chi connectivity index (χ3n) is 3.13. The van der Waals surface area contributed by atoms with Gasteiger partial charge in [0.2, 0.25) is 0 Å². The van der Waals surface area contributed by atoms with Crippen molar-refractivity contribution in [3.05, 3.63) is 18.2 Å². The monoisotopic (exact) mass is 225 g/mol. The molecule has 0 aliphatic rings.